The van der Waals surface area contributed by atoms with Gasteiger partial charge >= 0.3 is 6.18 Å². The van der Waals surface area contributed by atoms with Crippen molar-refractivity contribution in [2.45, 2.75) is 19.0 Å². The summed E-state index contributed by atoms with van der Waals surface area (Å²) in [7, 11) is 0. The quantitative estimate of drug-likeness (QED) is 0.746. The minimum Gasteiger partial charge on any atom is -0.483 e. The fraction of sp³-hybridized carbons (Fsp3) is 0.350. The smallest absolute Gasteiger partial charge is 0.419 e. The number of piperidine rings is 1. The first kappa shape index (κ1) is 21.4. The maximum atomic E-state index is 13.0. The lowest BCUT2D eigenvalue weighted by Crippen LogP contribution is -2.41. The Hall–Kier alpha value is -3.30. The van der Waals surface area contributed by atoms with Crippen molar-refractivity contribution in [3.63, 3.8) is 0 Å². The number of amides is 2. The zero-order valence-corrected chi connectivity index (χ0v) is 16.0. The minimum atomic E-state index is -4.57. The Labute approximate surface area is 171 Å². The highest BCUT2D eigenvalue weighted by Crippen LogP contribution is 2.35. The fourth-order valence-corrected chi connectivity index (χ4v) is 3.23. The number of alkyl halides is 3. The number of rotatable bonds is 6. The molecule has 3 N–H and O–H groups in total. The molecule has 3 rings (SSSR count). The molecule has 0 spiro atoms. The Bertz CT molecular complexity index is 903. The molecule has 1 aromatic heterocycles. The second kappa shape index (κ2) is 9.02. The third-order valence-corrected chi connectivity index (χ3v) is 4.73. The molecule has 1 aromatic carbocycles. The molecule has 1 aliphatic rings. The standard InChI is InChI=1S/C20H21F3N4O3/c21-20(22,23)15-5-1-2-6-16(15)30-12-18(28)26-14-7-8-17(25-10-14)27-9-3-4-13(11-27)19(24)29/h1-2,5-8,10,13H,3-4,9,11-12H2,(H2,24,29)(H,26,28). The van der Waals surface area contributed by atoms with E-state index in [1.165, 1.54) is 18.3 Å². The number of anilines is 2. The topological polar surface area (TPSA) is 97.6 Å². The van der Waals surface area contributed by atoms with Crippen molar-refractivity contribution in [1.82, 2.24) is 4.98 Å². The third kappa shape index (κ3) is 5.40. The Kier molecular flexibility index (Phi) is 6.43. The average Bonchev–Trinajstić information content (AvgIpc) is 2.72. The van der Waals surface area contributed by atoms with Crippen LogP contribution in [0.15, 0.2) is 42.6 Å². The van der Waals surface area contributed by atoms with E-state index in [4.69, 9.17) is 10.5 Å². The monoisotopic (exact) mass is 422 g/mol. The molecule has 1 saturated heterocycles. The van der Waals surface area contributed by atoms with Crippen LogP contribution in [0.1, 0.15) is 18.4 Å². The summed E-state index contributed by atoms with van der Waals surface area (Å²) >= 11 is 0. The maximum Gasteiger partial charge on any atom is 0.419 e. The van der Waals surface area contributed by atoms with Crippen molar-refractivity contribution in [1.29, 1.82) is 0 Å². The molecule has 2 amide bonds. The molecule has 0 aliphatic carbocycles. The van der Waals surface area contributed by atoms with Gasteiger partial charge in [0.25, 0.3) is 5.91 Å². The van der Waals surface area contributed by atoms with E-state index in [2.05, 4.69) is 10.3 Å². The van der Waals surface area contributed by atoms with Gasteiger partial charge in [0.05, 0.1) is 23.4 Å². The van der Waals surface area contributed by atoms with Crippen LogP contribution in [-0.4, -0.2) is 36.5 Å². The van der Waals surface area contributed by atoms with Gasteiger partial charge in [-0.3, -0.25) is 9.59 Å². The number of carbonyl (C=O) groups excluding carboxylic acids is 2. The van der Waals surface area contributed by atoms with E-state index in [0.29, 0.717) is 18.1 Å². The lowest BCUT2D eigenvalue weighted by molar-refractivity contribution is -0.139. The highest BCUT2D eigenvalue weighted by Gasteiger charge is 2.34. The van der Waals surface area contributed by atoms with Crippen molar-refractivity contribution in [2.75, 3.05) is 29.9 Å². The normalized spacial score (nSPS) is 16.8. The number of nitrogens with one attached hydrogen (secondary N) is 1. The number of halogens is 3. The molecule has 30 heavy (non-hydrogen) atoms. The number of hydrogen-bond donors (Lipinski definition) is 2. The summed E-state index contributed by atoms with van der Waals surface area (Å²) < 4.78 is 43.9. The minimum absolute atomic E-state index is 0.225. The predicted molar refractivity (Wildman–Crippen MR) is 104 cm³/mol. The number of nitrogens with zero attached hydrogens (tertiary/aromatic N) is 2. The van der Waals surface area contributed by atoms with E-state index >= 15 is 0 Å². The van der Waals surface area contributed by atoms with Gasteiger partial charge in [-0.05, 0) is 37.1 Å². The zero-order chi connectivity index (χ0) is 21.7. The molecule has 0 bridgehead atoms. The summed E-state index contributed by atoms with van der Waals surface area (Å²) in [6, 6.07) is 8.01. The van der Waals surface area contributed by atoms with Crippen molar-refractivity contribution >= 4 is 23.3 Å². The number of primary amides is 1. The number of carbonyl (C=O) groups is 2. The second-order valence-electron chi connectivity index (χ2n) is 6.92. The Balaban J connectivity index is 1.56. The highest BCUT2D eigenvalue weighted by molar-refractivity contribution is 5.91. The summed E-state index contributed by atoms with van der Waals surface area (Å²) in [5, 5.41) is 2.53. The van der Waals surface area contributed by atoms with Gasteiger partial charge in [-0.2, -0.15) is 13.2 Å². The summed E-state index contributed by atoms with van der Waals surface area (Å²) in [6.07, 6.45) is -1.57. The summed E-state index contributed by atoms with van der Waals surface area (Å²) in [4.78, 5) is 29.7. The van der Waals surface area contributed by atoms with Crippen molar-refractivity contribution in [3.8, 4) is 5.75 Å². The molecule has 2 heterocycles. The van der Waals surface area contributed by atoms with Gasteiger partial charge < -0.3 is 20.7 Å². The first-order valence-electron chi connectivity index (χ1n) is 9.33. The average molecular weight is 422 g/mol. The molecule has 1 aliphatic heterocycles. The molecule has 160 valence electrons. The lowest BCUT2D eigenvalue weighted by atomic mass is 9.97. The fourth-order valence-electron chi connectivity index (χ4n) is 3.23. The van der Waals surface area contributed by atoms with E-state index in [9.17, 15) is 22.8 Å². The Morgan fingerprint density at radius 3 is 2.67 bits per heavy atom. The van der Waals surface area contributed by atoms with Gasteiger partial charge in [0.2, 0.25) is 5.91 Å². The van der Waals surface area contributed by atoms with Gasteiger partial charge in [0.15, 0.2) is 6.61 Å². The molecule has 1 fully saturated rings. The van der Waals surface area contributed by atoms with Gasteiger partial charge in [-0.25, -0.2) is 4.98 Å². The van der Waals surface area contributed by atoms with Gasteiger partial charge in [0.1, 0.15) is 11.6 Å². The second-order valence-corrected chi connectivity index (χ2v) is 6.92. The van der Waals surface area contributed by atoms with Crippen LogP contribution in [0.5, 0.6) is 5.75 Å². The van der Waals surface area contributed by atoms with Crippen LogP contribution in [0.2, 0.25) is 0 Å². The maximum absolute atomic E-state index is 13.0. The van der Waals surface area contributed by atoms with Gasteiger partial charge in [-0.1, -0.05) is 12.1 Å². The zero-order valence-electron chi connectivity index (χ0n) is 16.0. The van der Waals surface area contributed by atoms with Crippen LogP contribution in [-0.2, 0) is 15.8 Å². The molecular weight excluding hydrogens is 401 g/mol. The molecule has 7 nitrogen and oxygen atoms in total. The van der Waals surface area contributed by atoms with Crippen LogP contribution < -0.4 is 20.7 Å². The number of benzene rings is 1. The molecular formula is C20H21F3N4O3. The molecule has 0 saturated carbocycles. The number of nitrogens with two attached hydrogens (primary N) is 1. The first-order chi connectivity index (χ1) is 14.2. The Morgan fingerprint density at radius 2 is 2.00 bits per heavy atom. The van der Waals surface area contributed by atoms with Crippen LogP contribution >= 0.6 is 0 Å². The molecule has 0 radical (unpaired) electrons. The largest absolute Gasteiger partial charge is 0.483 e. The summed E-state index contributed by atoms with van der Waals surface area (Å²) in [5.74, 6) is -0.947. The molecule has 1 unspecified atom stereocenters. The third-order valence-electron chi connectivity index (χ3n) is 4.73. The molecule has 10 heteroatoms. The number of aromatic nitrogens is 1. The van der Waals surface area contributed by atoms with E-state index in [0.717, 1.165) is 31.5 Å². The molecule has 1 atom stereocenters. The Morgan fingerprint density at radius 1 is 1.23 bits per heavy atom. The number of pyridine rings is 1. The lowest BCUT2D eigenvalue weighted by Gasteiger charge is -2.32. The van der Waals surface area contributed by atoms with Crippen LogP contribution in [0.3, 0.4) is 0 Å². The van der Waals surface area contributed by atoms with E-state index < -0.39 is 30.0 Å². The summed E-state index contributed by atoms with van der Waals surface area (Å²) in [6.45, 7) is 0.649. The van der Waals surface area contributed by atoms with E-state index in [1.807, 2.05) is 4.90 Å². The number of ether oxygens (including phenoxy) is 1. The number of hydrogen-bond acceptors (Lipinski definition) is 5. The summed E-state index contributed by atoms with van der Waals surface area (Å²) in [5.41, 5.74) is 4.81. The van der Waals surface area contributed by atoms with E-state index in [1.54, 1.807) is 12.1 Å². The SMILES string of the molecule is NC(=O)C1CCCN(c2ccc(NC(=O)COc3ccccc3C(F)(F)F)cn2)C1. The van der Waals surface area contributed by atoms with Gasteiger partial charge in [0, 0.05) is 13.1 Å². The van der Waals surface area contributed by atoms with Crippen molar-refractivity contribution in [2.24, 2.45) is 11.7 Å². The van der Waals surface area contributed by atoms with Crippen LogP contribution in [0, 0.1) is 5.92 Å². The predicted octanol–water partition coefficient (Wildman–Crippen LogP) is 2.82. The van der Waals surface area contributed by atoms with Crippen LogP contribution in [0.25, 0.3) is 0 Å². The molecule has 2 aromatic rings. The van der Waals surface area contributed by atoms with Crippen LogP contribution in [0.4, 0.5) is 24.7 Å². The van der Waals surface area contributed by atoms with Crippen molar-refractivity contribution < 1.29 is 27.5 Å². The number of para-hydroxylation sites is 1. The van der Waals surface area contributed by atoms with Gasteiger partial charge in [-0.15, -0.1) is 0 Å². The van der Waals surface area contributed by atoms with Crippen molar-refractivity contribution in [3.05, 3.63) is 48.2 Å². The first-order valence-corrected chi connectivity index (χ1v) is 9.33. The highest BCUT2D eigenvalue weighted by atomic mass is 19.4. The van der Waals surface area contributed by atoms with E-state index in [-0.39, 0.29) is 11.8 Å².